The topological polar surface area (TPSA) is 29.1 Å². The van der Waals surface area contributed by atoms with Crippen LogP contribution in [0.2, 0.25) is 0 Å². The van der Waals surface area contributed by atoms with Gasteiger partial charge in [-0.25, -0.2) is 0 Å². The predicted molar refractivity (Wildman–Crippen MR) is 91.0 cm³/mol. The van der Waals surface area contributed by atoms with Gasteiger partial charge >= 0.3 is 0 Å². The fraction of sp³-hybridized carbons (Fsp3) is 0.278. The molecule has 0 bridgehead atoms. The molecule has 2 aromatic carbocycles. The van der Waals surface area contributed by atoms with Gasteiger partial charge in [0.25, 0.3) is 0 Å². The predicted octanol–water partition coefficient (Wildman–Crippen LogP) is 4.73. The number of carbonyl (C=O) groups is 1. The van der Waals surface area contributed by atoms with Crippen LogP contribution in [-0.4, -0.2) is 11.2 Å². The number of nitrogens with one attached hydrogen (secondary N) is 1. The average Bonchev–Trinajstić information content (AvgIpc) is 2.44. The van der Waals surface area contributed by atoms with Crippen molar-refractivity contribution in [3.05, 3.63) is 59.2 Å². The van der Waals surface area contributed by atoms with Gasteiger partial charge in [0, 0.05) is 10.6 Å². The molecule has 21 heavy (non-hydrogen) atoms. The highest BCUT2D eigenvalue weighted by Gasteiger charge is 2.15. The van der Waals surface area contributed by atoms with Crippen LogP contribution < -0.4 is 5.32 Å². The Morgan fingerprint density at radius 2 is 1.62 bits per heavy atom. The Hall–Kier alpha value is -1.74. The van der Waals surface area contributed by atoms with Crippen molar-refractivity contribution in [3.8, 4) is 0 Å². The van der Waals surface area contributed by atoms with Gasteiger partial charge in [-0.2, -0.15) is 0 Å². The molecule has 0 aliphatic carbocycles. The van der Waals surface area contributed by atoms with Crippen LogP contribution in [0, 0.1) is 20.8 Å². The van der Waals surface area contributed by atoms with Crippen LogP contribution in [0.15, 0.2) is 47.4 Å². The summed E-state index contributed by atoms with van der Waals surface area (Å²) in [6, 6.07) is 14.3. The van der Waals surface area contributed by atoms with Gasteiger partial charge in [0.2, 0.25) is 5.91 Å². The molecule has 0 radical (unpaired) electrons. The minimum Gasteiger partial charge on any atom is -0.325 e. The summed E-state index contributed by atoms with van der Waals surface area (Å²) < 4.78 is 0. The molecule has 2 rings (SSSR count). The van der Waals surface area contributed by atoms with Crippen LogP contribution in [0.5, 0.6) is 0 Å². The molecule has 0 aliphatic heterocycles. The summed E-state index contributed by atoms with van der Waals surface area (Å²) >= 11 is 1.58. The highest BCUT2D eigenvalue weighted by atomic mass is 32.2. The van der Waals surface area contributed by atoms with Gasteiger partial charge in [0.05, 0.1) is 5.25 Å². The van der Waals surface area contributed by atoms with Crippen molar-refractivity contribution < 1.29 is 4.79 Å². The highest BCUT2D eigenvalue weighted by Crippen LogP contribution is 2.25. The van der Waals surface area contributed by atoms with E-state index in [1.165, 1.54) is 11.1 Å². The van der Waals surface area contributed by atoms with Gasteiger partial charge in [-0.15, -0.1) is 11.8 Å². The fourth-order valence-electron chi connectivity index (χ4n) is 2.06. The number of hydrogen-bond acceptors (Lipinski definition) is 2. The number of aryl methyl sites for hydroxylation is 3. The van der Waals surface area contributed by atoms with Gasteiger partial charge in [-0.05, 0) is 51.5 Å². The lowest BCUT2D eigenvalue weighted by Crippen LogP contribution is -2.22. The maximum atomic E-state index is 12.3. The van der Waals surface area contributed by atoms with Crippen molar-refractivity contribution in [1.82, 2.24) is 0 Å². The van der Waals surface area contributed by atoms with Crippen molar-refractivity contribution in [2.24, 2.45) is 0 Å². The molecule has 1 N–H and O–H groups in total. The lowest BCUT2D eigenvalue weighted by atomic mass is 10.1. The summed E-state index contributed by atoms with van der Waals surface area (Å²) in [6.45, 7) is 8.06. The Bertz CT molecular complexity index is 634. The number of rotatable bonds is 4. The number of benzene rings is 2. The molecule has 0 spiro atoms. The van der Waals surface area contributed by atoms with E-state index in [4.69, 9.17) is 0 Å². The summed E-state index contributed by atoms with van der Waals surface area (Å²) in [7, 11) is 0. The van der Waals surface area contributed by atoms with Crippen molar-refractivity contribution >= 4 is 23.4 Å². The summed E-state index contributed by atoms with van der Waals surface area (Å²) in [5.41, 5.74) is 4.41. The fourth-order valence-corrected chi connectivity index (χ4v) is 2.93. The molecular formula is C18H21NOS. The van der Waals surface area contributed by atoms with Gasteiger partial charge < -0.3 is 5.32 Å². The molecule has 110 valence electrons. The molecule has 1 amide bonds. The third kappa shape index (κ3) is 4.36. The van der Waals surface area contributed by atoms with Crippen LogP contribution in [0.4, 0.5) is 5.69 Å². The molecule has 1 atom stereocenters. The monoisotopic (exact) mass is 299 g/mol. The Labute approximate surface area is 131 Å². The third-order valence-electron chi connectivity index (χ3n) is 3.34. The average molecular weight is 299 g/mol. The Morgan fingerprint density at radius 3 is 2.24 bits per heavy atom. The second-order valence-electron chi connectivity index (χ2n) is 5.38. The van der Waals surface area contributed by atoms with Crippen LogP contribution in [-0.2, 0) is 4.79 Å². The second kappa shape index (κ2) is 6.81. The molecule has 1 unspecified atom stereocenters. The van der Waals surface area contributed by atoms with E-state index >= 15 is 0 Å². The van der Waals surface area contributed by atoms with Gasteiger partial charge in [-0.3, -0.25) is 4.79 Å². The lowest BCUT2D eigenvalue weighted by Gasteiger charge is -2.14. The minimum absolute atomic E-state index is 0.0347. The first kappa shape index (κ1) is 15.6. The van der Waals surface area contributed by atoms with E-state index in [9.17, 15) is 4.79 Å². The van der Waals surface area contributed by atoms with Crippen LogP contribution >= 0.6 is 11.8 Å². The lowest BCUT2D eigenvalue weighted by molar-refractivity contribution is -0.115. The molecule has 0 saturated carbocycles. The van der Waals surface area contributed by atoms with E-state index in [1.54, 1.807) is 11.8 Å². The van der Waals surface area contributed by atoms with Crippen LogP contribution in [0.25, 0.3) is 0 Å². The number of carbonyl (C=O) groups excluding carboxylic acids is 1. The molecular weight excluding hydrogens is 278 g/mol. The van der Waals surface area contributed by atoms with Crippen molar-refractivity contribution in [2.75, 3.05) is 5.32 Å². The summed E-state index contributed by atoms with van der Waals surface area (Å²) in [4.78, 5) is 13.4. The summed E-state index contributed by atoms with van der Waals surface area (Å²) in [6.07, 6.45) is 0. The zero-order valence-corrected chi connectivity index (χ0v) is 13.8. The molecule has 0 fully saturated rings. The van der Waals surface area contributed by atoms with Crippen LogP contribution in [0.3, 0.4) is 0 Å². The van der Waals surface area contributed by atoms with Gasteiger partial charge in [-0.1, -0.05) is 35.4 Å². The molecule has 3 heteroatoms. The number of amides is 1. The van der Waals surface area contributed by atoms with Gasteiger partial charge in [0.15, 0.2) is 0 Å². The number of thioether (sulfide) groups is 1. The zero-order chi connectivity index (χ0) is 15.4. The van der Waals surface area contributed by atoms with E-state index in [0.29, 0.717) is 0 Å². The quantitative estimate of drug-likeness (QED) is 0.827. The molecule has 0 aromatic heterocycles. The summed E-state index contributed by atoms with van der Waals surface area (Å²) in [5, 5.41) is 2.88. The second-order valence-corrected chi connectivity index (χ2v) is 6.79. The Kier molecular flexibility index (Phi) is 5.07. The first-order chi connectivity index (χ1) is 9.95. The van der Waals surface area contributed by atoms with E-state index in [2.05, 4.69) is 49.5 Å². The largest absolute Gasteiger partial charge is 0.325 e. The standard InChI is InChI=1S/C18H21NOS/c1-12-5-8-16(9-6-12)21-15(4)18(20)19-17-10-7-13(2)11-14(17)3/h5-11,15H,1-4H3,(H,19,20). The molecule has 0 aliphatic rings. The van der Waals surface area contributed by atoms with E-state index in [0.717, 1.165) is 16.1 Å². The maximum absolute atomic E-state index is 12.3. The van der Waals surface area contributed by atoms with Crippen molar-refractivity contribution in [2.45, 2.75) is 37.8 Å². The van der Waals surface area contributed by atoms with E-state index < -0.39 is 0 Å². The van der Waals surface area contributed by atoms with E-state index in [1.807, 2.05) is 26.0 Å². The normalized spacial score (nSPS) is 12.0. The highest BCUT2D eigenvalue weighted by molar-refractivity contribution is 8.00. The minimum atomic E-state index is -0.131. The Balaban J connectivity index is 2.00. The van der Waals surface area contributed by atoms with E-state index in [-0.39, 0.29) is 11.2 Å². The molecule has 2 nitrogen and oxygen atoms in total. The molecule has 0 saturated heterocycles. The SMILES string of the molecule is Cc1ccc(SC(C)C(=O)Nc2ccc(C)cc2C)cc1. The number of anilines is 1. The van der Waals surface area contributed by atoms with Crippen molar-refractivity contribution in [3.63, 3.8) is 0 Å². The van der Waals surface area contributed by atoms with Crippen LogP contribution in [0.1, 0.15) is 23.6 Å². The van der Waals surface area contributed by atoms with Crippen molar-refractivity contribution in [1.29, 1.82) is 0 Å². The van der Waals surface area contributed by atoms with Gasteiger partial charge in [0.1, 0.15) is 0 Å². The Morgan fingerprint density at radius 1 is 1.00 bits per heavy atom. The first-order valence-corrected chi connectivity index (χ1v) is 7.95. The maximum Gasteiger partial charge on any atom is 0.237 e. The third-order valence-corrected chi connectivity index (χ3v) is 4.45. The first-order valence-electron chi connectivity index (χ1n) is 7.07. The zero-order valence-electron chi connectivity index (χ0n) is 12.9. The number of hydrogen-bond donors (Lipinski definition) is 1. The molecule has 0 heterocycles. The summed E-state index contributed by atoms with van der Waals surface area (Å²) in [5.74, 6) is 0.0347. The smallest absolute Gasteiger partial charge is 0.237 e. The molecule has 2 aromatic rings.